The monoisotopic (exact) mass is 235 g/mol. The van der Waals surface area contributed by atoms with E-state index in [1.807, 2.05) is 11.4 Å². The third-order valence-electron chi connectivity index (χ3n) is 2.24. The van der Waals surface area contributed by atoms with Crippen LogP contribution in [0.25, 0.3) is 0 Å². The molecule has 2 heterocycles. The Bertz CT molecular complexity index is 444. The number of aromatic nitrogens is 2. The molecule has 0 saturated carbocycles. The second kappa shape index (κ2) is 5.05. The lowest BCUT2D eigenvalue weighted by Gasteiger charge is -2.12. The first-order valence-electron chi connectivity index (χ1n) is 4.94. The number of methoxy groups -OCH3 is 1. The van der Waals surface area contributed by atoms with Crippen LogP contribution in [0, 0.1) is 0 Å². The molecule has 5 heteroatoms. The van der Waals surface area contributed by atoms with E-state index in [-0.39, 0.29) is 6.04 Å². The van der Waals surface area contributed by atoms with Crippen molar-refractivity contribution in [2.75, 3.05) is 7.11 Å². The molecular formula is C11H13N3OS. The Morgan fingerprint density at radius 2 is 2.25 bits per heavy atom. The highest BCUT2D eigenvalue weighted by Gasteiger charge is 2.15. The fourth-order valence-corrected chi connectivity index (χ4v) is 2.25. The molecule has 1 atom stereocenters. The highest BCUT2D eigenvalue weighted by molar-refractivity contribution is 7.09. The lowest BCUT2D eigenvalue weighted by molar-refractivity contribution is 0.384. The summed E-state index contributed by atoms with van der Waals surface area (Å²) in [5, 5.41) is 2.04. The predicted molar refractivity (Wildman–Crippen MR) is 63.5 cm³/mol. The second-order valence-corrected chi connectivity index (χ2v) is 4.37. The van der Waals surface area contributed by atoms with Gasteiger partial charge in [-0.05, 0) is 11.4 Å². The summed E-state index contributed by atoms with van der Waals surface area (Å²) in [6, 6.07) is 3.90. The number of hydrogen-bond acceptors (Lipinski definition) is 5. The Morgan fingerprint density at radius 3 is 2.94 bits per heavy atom. The summed E-state index contributed by atoms with van der Waals surface area (Å²) >= 11 is 1.69. The summed E-state index contributed by atoms with van der Waals surface area (Å²) in [5.74, 6) is 0.506. The van der Waals surface area contributed by atoms with Crippen molar-refractivity contribution in [1.82, 2.24) is 9.97 Å². The fraction of sp³-hybridized carbons (Fsp3) is 0.273. The van der Waals surface area contributed by atoms with Gasteiger partial charge in [0.2, 0.25) is 5.88 Å². The first kappa shape index (κ1) is 11.0. The van der Waals surface area contributed by atoms with Crippen LogP contribution in [0.5, 0.6) is 5.88 Å². The van der Waals surface area contributed by atoms with Gasteiger partial charge in [0.25, 0.3) is 0 Å². The first-order valence-corrected chi connectivity index (χ1v) is 5.82. The molecule has 0 bridgehead atoms. The molecule has 2 rings (SSSR count). The maximum absolute atomic E-state index is 6.09. The molecule has 4 nitrogen and oxygen atoms in total. The third-order valence-corrected chi connectivity index (χ3v) is 3.14. The van der Waals surface area contributed by atoms with E-state index in [2.05, 4.69) is 16.0 Å². The number of ether oxygens (including phenoxy) is 1. The van der Waals surface area contributed by atoms with Crippen LogP contribution in [0.1, 0.15) is 16.6 Å². The van der Waals surface area contributed by atoms with E-state index in [1.54, 1.807) is 30.8 Å². The van der Waals surface area contributed by atoms with Crippen molar-refractivity contribution in [3.8, 4) is 5.88 Å². The van der Waals surface area contributed by atoms with Gasteiger partial charge in [-0.2, -0.15) is 0 Å². The van der Waals surface area contributed by atoms with Crippen LogP contribution in [-0.2, 0) is 6.42 Å². The SMILES string of the molecule is COc1nccnc1C(N)Cc1cccs1. The number of hydrogen-bond donors (Lipinski definition) is 1. The quantitative estimate of drug-likeness (QED) is 0.877. The van der Waals surface area contributed by atoms with E-state index in [0.717, 1.165) is 6.42 Å². The van der Waals surface area contributed by atoms with Crippen molar-refractivity contribution in [3.63, 3.8) is 0 Å². The van der Waals surface area contributed by atoms with Crippen molar-refractivity contribution in [1.29, 1.82) is 0 Å². The molecule has 0 aliphatic rings. The van der Waals surface area contributed by atoms with Gasteiger partial charge in [0, 0.05) is 23.7 Å². The number of rotatable bonds is 4. The molecule has 0 saturated heterocycles. The lowest BCUT2D eigenvalue weighted by Crippen LogP contribution is -2.16. The van der Waals surface area contributed by atoms with Gasteiger partial charge in [-0.3, -0.25) is 4.98 Å². The molecule has 0 radical (unpaired) electrons. The third kappa shape index (κ3) is 2.37. The van der Waals surface area contributed by atoms with Gasteiger partial charge in [0.05, 0.1) is 13.2 Å². The molecule has 0 aliphatic heterocycles. The van der Waals surface area contributed by atoms with Crippen LogP contribution < -0.4 is 10.5 Å². The summed E-state index contributed by atoms with van der Waals surface area (Å²) in [4.78, 5) is 9.54. The average molecular weight is 235 g/mol. The van der Waals surface area contributed by atoms with Crippen LogP contribution in [0.15, 0.2) is 29.9 Å². The minimum atomic E-state index is -0.178. The minimum absolute atomic E-state index is 0.178. The molecule has 0 amide bonds. The Hall–Kier alpha value is -1.46. The van der Waals surface area contributed by atoms with Gasteiger partial charge in [0.15, 0.2) is 0 Å². The number of nitrogens with two attached hydrogens (primary N) is 1. The average Bonchev–Trinajstić information content (AvgIpc) is 2.81. The van der Waals surface area contributed by atoms with Crippen molar-refractivity contribution >= 4 is 11.3 Å². The van der Waals surface area contributed by atoms with Crippen LogP contribution in [0.2, 0.25) is 0 Å². The van der Waals surface area contributed by atoms with Crippen LogP contribution in [0.4, 0.5) is 0 Å². The zero-order chi connectivity index (χ0) is 11.4. The summed E-state index contributed by atoms with van der Waals surface area (Å²) in [6.07, 6.45) is 3.99. The Kier molecular flexibility index (Phi) is 3.48. The second-order valence-electron chi connectivity index (χ2n) is 3.34. The lowest BCUT2D eigenvalue weighted by atomic mass is 10.1. The first-order chi connectivity index (χ1) is 7.81. The number of nitrogens with zero attached hydrogens (tertiary/aromatic N) is 2. The summed E-state index contributed by atoms with van der Waals surface area (Å²) in [6.45, 7) is 0. The van der Waals surface area contributed by atoms with Crippen LogP contribution >= 0.6 is 11.3 Å². The smallest absolute Gasteiger partial charge is 0.237 e. The van der Waals surface area contributed by atoms with E-state index in [1.165, 1.54) is 4.88 Å². The van der Waals surface area contributed by atoms with Crippen molar-refractivity contribution in [2.24, 2.45) is 5.73 Å². The fourth-order valence-electron chi connectivity index (χ4n) is 1.49. The topological polar surface area (TPSA) is 61.0 Å². The van der Waals surface area contributed by atoms with Gasteiger partial charge >= 0.3 is 0 Å². The van der Waals surface area contributed by atoms with Gasteiger partial charge < -0.3 is 10.5 Å². The van der Waals surface area contributed by atoms with E-state index < -0.39 is 0 Å². The standard InChI is InChI=1S/C11H13N3OS/c1-15-11-10(13-4-5-14-11)9(12)7-8-3-2-6-16-8/h2-6,9H,7,12H2,1H3. The molecular weight excluding hydrogens is 222 g/mol. The maximum atomic E-state index is 6.09. The number of thiophene rings is 1. The highest BCUT2D eigenvalue weighted by atomic mass is 32.1. The predicted octanol–water partition coefficient (Wildman–Crippen LogP) is 1.79. The summed E-state index contributed by atoms with van der Waals surface area (Å²) < 4.78 is 5.14. The van der Waals surface area contributed by atoms with E-state index in [9.17, 15) is 0 Å². The van der Waals surface area contributed by atoms with Crippen molar-refractivity contribution in [3.05, 3.63) is 40.5 Å². The maximum Gasteiger partial charge on any atom is 0.237 e. The molecule has 2 N–H and O–H groups in total. The van der Waals surface area contributed by atoms with E-state index >= 15 is 0 Å². The Balaban J connectivity index is 2.17. The van der Waals surface area contributed by atoms with E-state index in [4.69, 9.17) is 10.5 Å². The molecule has 0 aromatic carbocycles. The zero-order valence-electron chi connectivity index (χ0n) is 8.96. The van der Waals surface area contributed by atoms with Crippen LogP contribution in [0.3, 0.4) is 0 Å². The molecule has 2 aromatic heterocycles. The summed E-state index contributed by atoms with van der Waals surface area (Å²) in [7, 11) is 1.57. The van der Waals surface area contributed by atoms with Crippen molar-refractivity contribution < 1.29 is 4.74 Å². The van der Waals surface area contributed by atoms with Gasteiger partial charge in [-0.1, -0.05) is 6.07 Å². The van der Waals surface area contributed by atoms with Crippen molar-refractivity contribution in [2.45, 2.75) is 12.5 Å². The molecule has 16 heavy (non-hydrogen) atoms. The molecule has 0 fully saturated rings. The molecule has 2 aromatic rings. The summed E-state index contributed by atoms with van der Waals surface area (Å²) in [5.41, 5.74) is 6.79. The van der Waals surface area contributed by atoms with Gasteiger partial charge in [-0.15, -0.1) is 11.3 Å². The molecule has 0 aliphatic carbocycles. The Morgan fingerprint density at radius 1 is 1.44 bits per heavy atom. The van der Waals surface area contributed by atoms with Crippen LogP contribution in [-0.4, -0.2) is 17.1 Å². The van der Waals surface area contributed by atoms with Gasteiger partial charge in [0.1, 0.15) is 5.69 Å². The Labute approximate surface area is 98.1 Å². The highest BCUT2D eigenvalue weighted by Crippen LogP contribution is 2.22. The molecule has 84 valence electrons. The van der Waals surface area contributed by atoms with E-state index in [0.29, 0.717) is 11.6 Å². The largest absolute Gasteiger partial charge is 0.480 e. The molecule has 0 spiro atoms. The normalized spacial score (nSPS) is 12.4. The zero-order valence-corrected chi connectivity index (χ0v) is 9.78. The molecule has 1 unspecified atom stereocenters. The van der Waals surface area contributed by atoms with Gasteiger partial charge in [-0.25, -0.2) is 4.98 Å². The minimum Gasteiger partial charge on any atom is -0.480 e.